The average molecular weight is 392 g/mol. The van der Waals surface area contributed by atoms with E-state index in [0.717, 1.165) is 18.1 Å². The second-order valence-corrected chi connectivity index (χ2v) is 7.03. The summed E-state index contributed by atoms with van der Waals surface area (Å²) in [6.07, 6.45) is 0.555. The number of amides is 1. The quantitative estimate of drug-likeness (QED) is 0.765. The Kier molecular flexibility index (Phi) is 6.24. The van der Waals surface area contributed by atoms with Crippen molar-refractivity contribution in [2.45, 2.75) is 44.1 Å². The number of carbonyl (C=O) groups is 1. The van der Waals surface area contributed by atoms with Gasteiger partial charge in [-0.15, -0.1) is 0 Å². The van der Waals surface area contributed by atoms with Crippen LogP contribution in [0.4, 0.5) is 13.2 Å². The first-order chi connectivity index (χ1) is 13.4. The van der Waals surface area contributed by atoms with E-state index in [1.807, 2.05) is 12.1 Å². The van der Waals surface area contributed by atoms with Gasteiger partial charge in [0.25, 0.3) is 5.91 Å². The standard InChI is InChI=1S/C21H23F3N2O2/c22-19-6-5-17(28-16-3-1-14(2-4-16)9-12-25)13-18(19)20(27)26-15-7-10-21(23,24)11-8-15/h1-6,13,15H,7-12,25H2,(H,26,27). The van der Waals surface area contributed by atoms with Gasteiger partial charge in [-0.1, -0.05) is 12.1 Å². The Bertz CT molecular complexity index is 815. The molecule has 3 rings (SSSR count). The SMILES string of the molecule is NCCc1ccc(Oc2ccc(F)c(C(=O)NC3CCC(F)(F)CC3)c2)cc1. The van der Waals surface area contributed by atoms with E-state index < -0.39 is 17.6 Å². The third-order valence-corrected chi connectivity index (χ3v) is 4.83. The first-order valence-corrected chi connectivity index (χ1v) is 9.31. The molecular weight excluding hydrogens is 369 g/mol. The van der Waals surface area contributed by atoms with E-state index >= 15 is 0 Å². The fraction of sp³-hybridized carbons (Fsp3) is 0.381. The molecule has 0 spiro atoms. The lowest BCUT2D eigenvalue weighted by atomic mass is 9.92. The number of nitrogens with one attached hydrogen (secondary N) is 1. The molecule has 0 saturated heterocycles. The lowest BCUT2D eigenvalue weighted by Gasteiger charge is -2.28. The van der Waals surface area contributed by atoms with Crippen molar-refractivity contribution in [3.63, 3.8) is 0 Å². The van der Waals surface area contributed by atoms with Crippen molar-refractivity contribution in [2.24, 2.45) is 5.73 Å². The second kappa shape index (κ2) is 8.65. The molecule has 0 bridgehead atoms. The summed E-state index contributed by atoms with van der Waals surface area (Å²) in [5.41, 5.74) is 6.42. The summed E-state index contributed by atoms with van der Waals surface area (Å²) in [6, 6.07) is 10.8. The molecule has 1 amide bonds. The number of nitrogens with two attached hydrogens (primary N) is 1. The van der Waals surface area contributed by atoms with Crippen LogP contribution in [0, 0.1) is 5.82 Å². The van der Waals surface area contributed by atoms with Crippen LogP contribution in [0.5, 0.6) is 11.5 Å². The molecule has 7 heteroatoms. The summed E-state index contributed by atoms with van der Waals surface area (Å²) in [5, 5.41) is 2.65. The Labute approximate surface area is 161 Å². The van der Waals surface area contributed by atoms with Crippen LogP contribution in [0.2, 0.25) is 0 Å². The van der Waals surface area contributed by atoms with Gasteiger partial charge in [0.2, 0.25) is 5.92 Å². The van der Waals surface area contributed by atoms with Gasteiger partial charge in [-0.25, -0.2) is 13.2 Å². The molecule has 2 aromatic carbocycles. The van der Waals surface area contributed by atoms with Crippen LogP contribution in [0.1, 0.15) is 41.6 Å². The zero-order valence-electron chi connectivity index (χ0n) is 15.4. The van der Waals surface area contributed by atoms with E-state index in [4.69, 9.17) is 10.5 Å². The molecule has 0 radical (unpaired) electrons. The van der Waals surface area contributed by atoms with Gasteiger partial charge in [0.1, 0.15) is 17.3 Å². The van der Waals surface area contributed by atoms with Crippen LogP contribution in [0.15, 0.2) is 42.5 Å². The highest BCUT2D eigenvalue weighted by Gasteiger charge is 2.35. The molecule has 0 atom stereocenters. The third-order valence-electron chi connectivity index (χ3n) is 4.83. The number of hydrogen-bond donors (Lipinski definition) is 2. The van der Waals surface area contributed by atoms with Crippen molar-refractivity contribution in [2.75, 3.05) is 6.54 Å². The van der Waals surface area contributed by atoms with Crippen LogP contribution in [0.25, 0.3) is 0 Å². The Hall–Kier alpha value is -2.54. The summed E-state index contributed by atoms with van der Waals surface area (Å²) >= 11 is 0. The molecule has 1 aliphatic rings. The second-order valence-electron chi connectivity index (χ2n) is 7.03. The number of alkyl halides is 2. The molecule has 1 aliphatic carbocycles. The first-order valence-electron chi connectivity index (χ1n) is 9.31. The van der Waals surface area contributed by atoms with Gasteiger partial charge in [0.15, 0.2) is 0 Å². The highest BCUT2D eigenvalue weighted by molar-refractivity contribution is 5.95. The normalized spacial score (nSPS) is 16.6. The van der Waals surface area contributed by atoms with Crippen LogP contribution in [-0.4, -0.2) is 24.4 Å². The van der Waals surface area contributed by atoms with Crippen LogP contribution in [0.3, 0.4) is 0 Å². The van der Waals surface area contributed by atoms with Gasteiger partial charge in [-0.2, -0.15) is 0 Å². The van der Waals surface area contributed by atoms with Gasteiger partial charge in [-0.05, 0) is 61.7 Å². The number of halogens is 3. The first kappa shape index (κ1) is 20.2. The minimum atomic E-state index is -2.68. The maximum absolute atomic E-state index is 14.1. The van der Waals surface area contributed by atoms with Gasteiger partial charge >= 0.3 is 0 Å². The third kappa shape index (κ3) is 5.25. The molecule has 1 saturated carbocycles. The van der Waals surface area contributed by atoms with Crippen molar-refractivity contribution in [1.29, 1.82) is 0 Å². The largest absolute Gasteiger partial charge is 0.457 e. The lowest BCUT2D eigenvalue weighted by molar-refractivity contribution is -0.0399. The van der Waals surface area contributed by atoms with Crippen molar-refractivity contribution in [3.05, 3.63) is 59.4 Å². The molecule has 0 aromatic heterocycles. The Balaban J connectivity index is 1.66. The predicted molar refractivity (Wildman–Crippen MR) is 100 cm³/mol. The predicted octanol–water partition coefficient (Wildman–Crippen LogP) is 4.43. The smallest absolute Gasteiger partial charge is 0.254 e. The molecule has 2 aromatic rings. The Morgan fingerprint density at radius 3 is 2.39 bits per heavy atom. The minimum Gasteiger partial charge on any atom is -0.457 e. The van der Waals surface area contributed by atoms with Gasteiger partial charge in [0, 0.05) is 18.9 Å². The minimum absolute atomic E-state index is 0.172. The summed E-state index contributed by atoms with van der Waals surface area (Å²) in [4.78, 5) is 12.4. The van der Waals surface area contributed by atoms with E-state index in [-0.39, 0.29) is 37.3 Å². The number of hydrogen-bond acceptors (Lipinski definition) is 3. The van der Waals surface area contributed by atoms with Crippen LogP contribution >= 0.6 is 0 Å². The van der Waals surface area contributed by atoms with Gasteiger partial charge in [0.05, 0.1) is 5.56 Å². The van der Waals surface area contributed by atoms with Gasteiger partial charge in [-0.3, -0.25) is 4.79 Å². The molecule has 150 valence electrons. The fourth-order valence-corrected chi connectivity index (χ4v) is 3.22. The molecule has 0 heterocycles. The number of rotatable bonds is 6. The highest BCUT2D eigenvalue weighted by atomic mass is 19.3. The molecule has 0 aliphatic heterocycles. The van der Waals surface area contributed by atoms with Crippen LogP contribution in [-0.2, 0) is 6.42 Å². The maximum atomic E-state index is 14.1. The van der Waals surface area contributed by atoms with Gasteiger partial charge < -0.3 is 15.8 Å². The summed E-state index contributed by atoms with van der Waals surface area (Å²) in [6.45, 7) is 0.551. The zero-order chi connectivity index (χ0) is 20.1. The maximum Gasteiger partial charge on any atom is 0.254 e. The van der Waals surface area contributed by atoms with E-state index in [9.17, 15) is 18.0 Å². The number of benzene rings is 2. The number of carbonyl (C=O) groups excluding carboxylic acids is 1. The summed E-state index contributed by atoms with van der Waals surface area (Å²) in [5.74, 6) is -3.14. The lowest BCUT2D eigenvalue weighted by Crippen LogP contribution is -2.40. The van der Waals surface area contributed by atoms with Crippen molar-refractivity contribution >= 4 is 5.91 Å². The molecule has 0 unspecified atom stereocenters. The topological polar surface area (TPSA) is 64.3 Å². The average Bonchev–Trinajstić information content (AvgIpc) is 2.67. The molecular formula is C21H23F3N2O2. The number of ether oxygens (including phenoxy) is 1. The highest BCUT2D eigenvalue weighted by Crippen LogP contribution is 2.33. The molecule has 4 nitrogen and oxygen atoms in total. The zero-order valence-corrected chi connectivity index (χ0v) is 15.4. The van der Waals surface area contributed by atoms with E-state index in [1.165, 1.54) is 12.1 Å². The molecule has 28 heavy (non-hydrogen) atoms. The van der Waals surface area contributed by atoms with Crippen molar-refractivity contribution in [3.8, 4) is 11.5 Å². The Morgan fingerprint density at radius 1 is 1.11 bits per heavy atom. The molecule has 1 fully saturated rings. The van der Waals surface area contributed by atoms with E-state index in [1.54, 1.807) is 12.1 Å². The van der Waals surface area contributed by atoms with E-state index in [0.29, 0.717) is 18.0 Å². The fourth-order valence-electron chi connectivity index (χ4n) is 3.22. The van der Waals surface area contributed by atoms with Crippen LogP contribution < -0.4 is 15.8 Å². The molecule has 3 N–H and O–H groups in total. The van der Waals surface area contributed by atoms with Crippen molar-refractivity contribution in [1.82, 2.24) is 5.32 Å². The van der Waals surface area contributed by atoms with E-state index in [2.05, 4.69) is 5.32 Å². The summed E-state index contributed by atoms with van der Waals surface area (Å²) in [7, 11) is 0. The Morgan fingerprint density at radius 2 is 1.75 bits per heavy atom. The monoisotopic (exact) mass is 392 g/mol. The van der Waals surface area contributed by atoms with Crippen molar-refractivity contribution < 1.29 is 22.7 Å². The summed E-state index contributed by atoms with van der Waals surface area (Å²) < 4.78 is 46.3.